The van der Waals surface area contributed by atoms with E-state index in [1.54, 1.807) is 11.3 Å². The topological polar surface area (TPSA) is 23.8 Å². The zero-order valence-electron chi connectivity index (χ0n) is 9.18. The van der Waals surface area contributed by atoms with Crippen LogP contribution in [0.3, 0.4) is 0 Å². The van der Waals surface area contributed by atoms with Gasteiger partial charge in [-0.3, -0.25) is 0 Å². The first-order valence-electron chi connectivity index (χ1n) is 5.24. The van der Waals surface area contributed by atoms with Crippen molar-refractivity contribution in [2.45, 2.75) is 18.8 Å². The number of rotatable bonds is 3. The minimum atomic E-state index is -0.424. The molecule has 0 fully saturated rings. The number of hydrogen-bond donors (Lipinski definition) is 0. The molecule has 1 atom stereocenters. The SMILES string of the molecule is CC(C#N)(Cc1cccs1)c1ccccc1. The molecule has 0 spiro atoms. The van der Waals surface area contributed by atoms with E-state index in [0.29, 0.717) is 0 Å². The predicted octanol–water partition coefficient (Wildman–Crippen LogP) is 3.77. The van der Waals surface area contributed by atoms with E-state index in [0.717, 1.165) is 12.0 Å². The first kappa shape index (κ1) is 10.9. The van der Waals surface area contributed by atoms with Crippen LogP contribution in [0.1, 0.15) is 17.4 Å². The fraction of sp³-hybridized carbons (Fsp3) is 0.214. The Balaban J connectivity index is 2.31. The number of nitriles is 1. The van der Waals surface area contributed by atoms with Gasteiger partial charge in [-0.05, 0) is 23.9 Å². The van der Waals surface area contributed by atoms with E-state index in [4.69, 9.17) is 0 Å². The van der Waals surface area contributed by atoms with Gasteiger partial charge in [0.1, 0.15) is 0 Å². The molecule has 0 aliphatic carbocycles. The van der Waals surface area contributed by atoms with E-state index in [1.165, 1.54) is 4.88 Å². The summed E-state index contributed by atoms with van der Waals surface area (Å²) in [6.45, 7) is 2.00. The van der Waals surface area contributed by atoms with Crippen LogP contribution in [0.5, 0.6) is 0 Å². The third-order valence-electron chi connectivity index (χ3n) is 2.77. The molecule has 1 heterocycles. The Morgan fingerprint density at radius 1 is 1.19 bits per heavy atom. The lowest BCUT2D eigenvalue weighted by Gasteiger charge is -2.21. The van der Waals surface area contributed by atoms with Crippen LogP contribution in [-0.2, 0) is 11.8 Å². The fourth-order valence-corrected chi connectivity index (χ4v) is 2.63. The molecule has 0 N–H and O–H groups in total. The predicted molar refractivity (Wildman–Crippen MR) is 67.4 cm³/mol. The summed E-state index contributed by atoms with van der Waals surface area (Å²) in [5, 5.41) is 11.4. The molecule has 0 aliphatic rings. The summed E-state index contributed by atoms with van der Waals surface area (Å²) in [6, 6.07) is 16.6. The van der Waals surface area contributed by atoms with Gasteiger partial charge in [-0.25, -0.2) is 0 Å². The molecular formula is C14H13NS. The second-order valence-corrected chi connectivity index (χ2v) is 5.10. The molecule has 1 unspecified atom stereocenters. The van der Waals surface area contributed by atoms with Gasteiger partial charge in [0.15, 0.2) is 0 Å². The van der Waals surface area contributed by atoms with Crippen molar-refractivity contribution < 1.29 is 0 Å². The molecule has 2 heteroatoms. The van der Waals surface area contributed by atoms with Gasteiger partial charge >= 0.3 is 0 Å². The summed E-state index contributed by atoms with van der Waals surface area (Å²) in [5.74, 6) is 0. The average molecular weight is 227 g/mol. The van der Waals surface area contributed by atoms with Gasteiger partial charge in [-0.15, -0.1) is 11.3 Å². The molecule has 0 bridgehead atoms. The first-order valence-corrected chi connectivity index (χ1v) is 6.12. The summed E-state index contributed by atoms with van der Waals surface area (Å²) >= 11 is 1.71. The van der Waals surface area contributed by atoms with Crippen molar-refractivity contribution >= 4 is 11.3 Å². The molecule has 0 saturated heterocycles. The van der Waals surface area contributed by atoms with Gasteiger partial charge < -0.3 is 0 Å². The van der Waals surface area contributed by atoms with Crippen molar-refractivity contribution in [3.05, 3.63) is 58.3 Å². The molecular weight excluding hydrogens is 214 g/mol. The highest BCUT2D eigenvalue weighted by Crippen LogP contribution is 2.28. The highest BCUT2D eigenvalue weighted by molar-refractivity contribution is 7.09. The van der Waals surface area contributed by atoms with Gasteiger partial charge in [-0.1, -0.05) is 36.4 Å². The Bertz CT molecular complexity index is 481. The molecule has 1 aromatic carbocycles. The van der Waals surface area contributed by atoms with Crippen LogP contribution in [0.2, 0.25) is 0 Å². The van der Waals surface area contributed by atoms with Crippen LogP contribution in [0.25, 0.3) is 0 Å². The number of nitrogens with zero attached hydrogens (tertiary/aromatic N) is 1. The van der Waals surface area contributed by atoms with Crippen LogP contribution in [0.15, 0.2) is 47.8 Å². The van der Waals surface area contributed by atoms with Crippen molar-refractivity contribution in [1.82, 2.24) is 0 Å². The maximum Gasteiger partial charge on any atom is 0.0842 e. The molecule has 80 valence electrons. The molecule has 16 heavy (non-hydrogen) atoms. The monoisotopic (exact) mass is 227 g/mol. The van der Waals surface area contributed by atoms with E-state index in [2.05, 4.69) is 17.5 Å². The zero-order valence-corrected chi connectivity index (χ0v) is 10.00. The lowest BCUT2D eigenvalue weighted by atomic mass is 9.80. The van der Waals surface area contributed by atoms with Crippen molar-refractivity contribution in [3.63, 3.8) is 0 Å². The van der Waals surface area contributed by atoms with Crippen molar-refractivity contribution in [3.8, 4) is 6.07 Å². The van der Waals surface area contributed by atoms with E-state index >= 15 is 0 Å². The third-order valence-corrected chi connectivity index (χ3v) is 3.64. The van der Waals surface area contributed by atoms with Crippen molar-refractivity contribution in [2.24, 2.45) is 0 Å². The minimum Gasteiger partial charge on any atom is -0.197 e. The second kappa shape index (κ2) is 4.51. The summed E-state index contributed by atoms with van der Waals surface area (Å²) in [6.07, 6.45) is 0.783. The highest BCUT2D eigenvalue weighted by atomic mass is 32.1. The van der Waals surface area contributed by atoms with Gasteiger partial charge in [0.25, 0.3) is 0 Å². The Labute approximate surface area is 100.0 Å². The smallest absolute Gasteiger partial charge is 0.0842 e. The quantitative estimate of drug-likeness (QED) is 0.783. The van der Waals surface area contributed by atoms with Crippen LogP contribution >= 0.6 is 11.3 Å². The summed E-state index contributed by atoms with van der Waals surface area (Å²) < 4.78 is 0. The zero-order chi connectivity index (χ0) is 11.4. The molecule has 2 aromatic rings. The first-order chi connectivity index (χ1) is 7.74. The lowest BCUT2D eigenvalue weighted by molar-refractivity contribution is 0.612. The molecule has 0 radical (unpaired) electrons. The Morgan fingerprint density at radius 3 is 2.50 bits per heavy atom. The van der Waals surface area contributed by atoms with Crippen LogP contribution in [0, 0.1) is 11.3 Å². The molecule has 1 nitrogen and oxygen atoms in total. The largest absolute Gasteiger partial charge is 0.197 e. The fourth-order valence-electron chi connectivity index (χ4n) is 1.77. The summed E-state index contributed by atoms with van der Waals surface area (Å²) in [5.41, 5.74) is 0.664. The van der Waals surface area contributed by atoms with Crippen molar-refractivity contribution in [2.75, 3.05) is 0 Å². The van der Waals surface area contributed by atoms with Gasteiger partial charge in [0, 0.05) is 11.3 Å². The van der Waals surface area contributed by atoms with Gasteiger partial charge in [0.05, 0.1) is 11.5 Å². The maximum atomic E-state index is 9.39. The van der Waals surface area contributed by atoms with Crippen LogP contribution in [0.4, 0.5) is 0 Å². The summed E-state index contributed by atoms with van der Waals surface area (Å²) in [7, 11) is 0. The van der Waals surface area contributed by atoms with Crippen LogP contribution < -0.4 is 0 Å². The summed E-state index contributed by atoms with van der Waals surface area (Å²) in [4.78, 5) is 1.26. The number of benzene rings is 1. The molecule has 0 aliphatic heterocycles. The van der Waals surface area contributed by atoms with E-state index in [9.17, 15) is 5.26 Å². The maximum absolute atomic E-state index is 9.39. The molecule has 1 aromatic heterocycles. The minimum absolute atomic E-state index is 0.424. The van der Waals surface area contributed by atoms with Gasteiger partial charge in [-0.2, -0.15) is 5.26 Å². The third kappa shape index (κ3) is 2.15. The second-order valence-electron chi connectivity index (χ2n) is 4.07. The standard InChI is InChI=1S/C14H13NS/c1-14(11-15,10-13-8-5-9-16-13)12-6-3-2-4-7-12/h2-9H,10H2,1H3. The molecule has 2 rings (SSSR count). The van der Waals surface area contributed by atoms with E-state index in [1.807, 2.05) is 43.3 Å². The van der Waals surface area contributed by atoms with Crippen LogP contribution in [-0.4, -0.2) is 0 Å². The Kier molecular flexibility index (Phi) is 3.07. The Morgan fingerprint density at radius 2 is 1.94 bits per heavy atom. The Hall–Kier alpha value is -1.59. The molecule has 0 saturated carbocycles. The average Bonchev–Trinajstić information content (AvgIpc) is 2.83. The van der Waals surface area contributed by atoms with E-state index in [-0.39, 0.29) is 0 Å². The normalized spacial score (nSPS) is 14.0. The number of hydrogen-bond acceptors (Lipinski definition) is 2. The van der Waals surface area contributed by atoms with Crippen molar-refractivity contribution in [1.29, 1.82) is 5.26 Å². The number of thiophene rings is 1. The lowest BCUT2D eigenvalue weighted by Crippen LogP contribution is -2.22. The highest BCUT2D eigenvalue weighted by Gasteiger charge is 2.26. The van der Waals surface area contributed by atoms with Gasteiger partial charge in [0.2, 0.25) is 0 Å². The van der Waals surface area contributed by atoms with E-state index < -0.39 is 5.41 Å². The molecule has 0 amide bonds.